The number of rotatable bonds is 7. The second-order valence-electron chi connectivity index (χ2n) is 6.75. The van der Waals surface area contributed by atoms with E-state index in [4.69, 9.17) is 15.2 Å². The molecule has 2 saturated heterocycles. The first-order valence-corrected chi connectivity index (χ1v) is 8.34. The lowest BCUT2D eigenvalue weighted by Gasteiger charge is -2.30. The molecule has 2 fully saturated rings. The average molecular weight is 298 g/mol. The number of hydrogen-bond donors (Lipinski definition) is 1. The van der Waals surface area contributed by atoms with Gasteiger partial charge in [-0.05, 0) is 38.0 Å². The monoisotopic (exact) mass is 298 g/mol. The molecule has 5 heteroatoms. The number of nitrogens with two attached hydrogens (primary N) is 1. The van der Waals surface area contributed by atoms with Gasteiger partial charge >= 0.3 is 0 Å². The molecule has 0 aromatic rings. The molecule has 0 bridgehead atoms. The lowest BCUT2D eigenvalue weighted by atomic mass is 10.0. The van der Waals surface area contributed by atoms with Gasteiger partial charge in [-0.25, -0.2) is 0 Å². The van der Waals surface area contributed by atoms with Crippen molar-refractivity contribution in [2.75, 3.05) is 26.3 Å². The molecule has 0 aromatic heterocycles. The zero-order chi connectivity index (χ0) is 15.2. The minimum absolute atomic E-state index is 0.0506. The number of carbonyl (C=O) groups excluding carboxylic acids is 1. The summed E-state index contributed by atoms with van der Waals surface area (Å²) in [7, 11) is 0. The Morgan fingerprint density at radius 3 is 2.05 bits per heavy atom. The Bertz CT molecular complexity index is 305. The maximum atomic E-state index is 12.6. The molecule has 3 unspecified atom stereocenters. The summed E-state index contributed by atoms with van der Waals surface area (Å²) in [4.78, 5) is 14.5. The largest absolute Gasteiger partial charge is 0.376 e. The molecule has 0 radical (unpaired) electrons. The minimum atomic E-state index is -0.409. The molecule has 122 valence electrons. The van der Waals surface area contributed by atoms with E-state index in [1.54, 1.807) is 0 Å². The van der Waals surface area contributed by atoms with Gasteiger partial charge in [0.1, 0.15) is 0 Å². The number of hydrogen-bond acceptors (Lipinski definition) is 4. The van der Waals surface area contributed by atoms with Crippen molar-refractivity contribution in [3.05, 3.63) is 0 Å². The lowest BCUT2D eigenvalue weighted by molar-refractivity contribution is -0.136. The predicted octanol–water partition coefficient (Wildman–Crippen LogP) is 1.55. The lowest BCUT2D eigenvalue weighted by Crippen LogP contribution is -2.49. The van der Waals surface area contributed by atoms with Gasteiger partial charge in [-0.15, -0.1) is 0 Å². The van der Waals surface area contributed by atoms with E-state index in [9.17, 15) is 4.79 Å². The van der Waals surface area contributed by atoms with E-state index in [0.29, 0.717) is 19.0 Å². The Kier molecular flexibility index (Phi) is 6.45. The van der Waals surface area contributed by atoms with Gasteiger partial charge in [-0.2, -0.15) is 0 Å². The van der Waals surface area contributed by atoms with E-state index in [1.807, 2.05) is 4.90 Å². The van der Waals surface area contributed by atoms with Crippen LogP contribution in [-0.2, 0) is 14.3 Å². The SMILES string of the molecule is CC(C)CC(N)C(=O)N(CC1CCCO1)CC1CCCO1. The van der Waals surface area contributed by atoms with Gasteiger partial charge in [0.25, 0.3) is 0 Å². The molecule has 0 saturated carbocycles. The molecule has 2 N–H and O–H groups in total. The zero-order valence-electron chi connectivity index (χ0n) is 13.4. The van der Waals surface area contributed by atoms with Crippen LogP contribution < -0.4 is 5.73 Å². The molecule has 0 spiro atoms. The summed E-state index contributed by atoms with van der Waals surface area (Å²) in [6.45, 7) is 7.12. The number of nitrogens with zero attached hydrogens (tertiary/aromatic N) is 1. The number of ether oxygens (including phenoxy) is 2. The van der Waals surface area contributed by atoms with Crippen molar-refractivity contribution >= 4 is 5.91 Å². The summed E-state index contributed by atoms with van der Waals surface area (Å²) in [6.07, 6.45) is 5.31. The van der Waals surface area contributed by atoms with Crippen LogP contribution in [0.25, 0.3) is 0 Å². The second-order valence-corrected chi connectivity index (χ2v) is 6.75. The fourth-order valence-corrected chi connectivity index (χ4v) is 3.17. The Morgan fingerprint density at radius 1 is 1.14 bits per heavy atom. The highest BCUT2D eigenvalue weighted by molar-refractivity contribution is 5.81. The van der Waals surface area contributed by atoms with Crippen molar-refractivity contribution in [3.63, 3.8) is 0 Å². The summed E-state index contributed by atoms with van der Waals surface area (Å²) in [6, 6.07) is -0.409. The normalized spacial score (nSPS) is 27.2. The average Bonchev–Trinajstić information content (AvgIpc) is 3.09. The maximum Gasteiger partial charge on any atom is 0.239 e. The Balaban J connectivity index is 1.93. The van der Waals surface area contributed by atoms with Crippen LogP contribution in [-0.4, -0.2) is 55.4 Å². The standard InChI is InChI=1S/C16H30N2O3/c1-12(2)9-15(17)16(19)18(10-13-5-3-7-20-13)11-14-6-4-8-21-14/h12-15H,3-11,17H2,1-2H3. The van der Waals surface area contributed by atoms with Crippen LogP contribution in [0.3, 0.4) is 0 Å². The first-order valence-electron chi connectivity index (χ1n) is 8.34. The van der Waals surface area contributed by atoms with E-state index < -0.39 is 6.04 Å². The molecule has 2 aliphatic rings. The summed E-state index contributed by atoms with van der Waals surface area (Å²) in [5, 5.41) is 0. The fraction of sp³-hybridized carbons (Fsp3) is 0.938. The Morgan fingerprint density at radius 2 is 1.67 bits per heavy atom. The van der Waals surface area contributed by atoms with E-state index in [1.165, 1.54) is 0 Å². The molecular formula is C16H30N2O3. The zero-order valence-corrected chi connectivity index (χ0v) is 13.4. The smallest absolute Gasteiger partial charge is 0.239 e. The van der Waals surface area contributed by atoms with Gasteiger partial charge in [0, 0.05) is 26.3 Å². The molecule has 2 rings (SSSR count). The number of carbonyl (C=O) groups is 1. The maximum absolute atomic E-state index is 12.6. The summed E-state index contributed by atoms with van der Waals surface area (Å²) in [5.74, 6) is 0.478. The third-order valence-corrected chi connectivity index (χ3v) is 4.25. The van der Waals surface area contributed by atoms with Gasteiger partial charge in [-0.1, -0.05) is 13.8 Å². The van der Waals surface area contributed by atoms with E-state index in [0.717, 1.165) is 45.3 Å². The van der Waals surface area contributed by atoms with Crippen molar-refractivity contribution in [2.45, 2.75) is 64.2 Å². The summed E-state index contributed by atoms with van der Waals surface area (Å²) < 4.78 is 11.4. The van der Waals surface area contributed by atoms with Crippen molar-refractivity contribution in [1.29, 1.82) is 0 Å². The van der Waals surface area contributed by atoms with Crippen molar-refractivity contribution in [2.24, 2.45) is 11.7 Å². The molecular weight excluding hydrogens is 268 g/mol. The van der Waals surface area contributed by atoms with Crippen LogP contribution in [0.2, 0.25) is 0 Å². The highest BCUT2D eigenvalue weighted by atomic mass is 16.5. The van der Waals surface area contributed by atoms with Crippen molar-refractivity contribution in [1.82, 2.24) is 4.90 Å². The van der Waals surface area contributed by atoms with Crippen LogP contribution in [0.4, 0.5) is 0 Å². The van der Waals surface area contributed by atoms with Crippen LogP contribution in [0, 0.1) is 5.92 Å². The first kappa shape index (κ1) is 16.7. The van der Waals surface area contributed by atoms with Crippen LogP contribution in [0.5, 0.6) is 0 Å². The molecule has 3 atom stereocenters. The highest BCUT2D eigenvalue weighted by Crippen LogP contribution is 2.18. The van der Waals surface area contributed by atoms with Gasteiger partial charge in [0.05, 0.1) is 18.2 Å². The molecule has 1 amide bonds. The molecule has 2 aliphatic heterocycles. The number of amides is 1. The molecule has 21 heavy (non-hydrogen) atoms. The van der Waals surface area contributed by atoms with Gasteiger partial charge in [-0.3, -0.25) is 4.79 Å². The minimum Gasteiger partial charge on any atom is -0.376 e. The van der Waals surface area contributed by atoms with Crippen molar-refractivity contribution in [3.8, 4) is 0 Å². The summed E-state index contributed by atoms with van der Waals surface area (Å²) >= 11 is 0. The van der Waals surface area contributed by atoms with Crippen LogP contribution in [0.15, 0.2) is 0 Å². The molecule has 2 heterocycles. The Hall–Kier alpha value is -0.650. The highest BCUT2D eigenvalue weighted by Gasteiger charge is 2.29. The molecule has 5 nitrogen and oxygen atoms in total. The fourth-order valence-electron chi connectivity index (χ4n) is 3.17. The van der Waals surface area contributed by atoms with E-state index in [-0.39, 0.29) is 18.1 Å². The van der Waals surface area contributed by atoms with Crippen LogP contribution in [0.1, 0.15) is 46.0 Å². The molecule has 0 aromatic carbocycles. The summed E-state index contributed by atoms with van der Waals surface area (Å²) in [5.41, 5.74) is 6.09. The van der Waals surface area contributed by atoms with E-state index in [2.05, 4.69) is 13.8 Å². The van der Waals surface area contributed by atoms with Gasteiger partial charge in [0.15, 0.2) is 0 Å². The quantitative estimate of drug-likeness (QED) is 0.774. The topological polar surface area (TPSA) is 64.8 Å². The van der Waals surface area contributed by atoms with Crippen molar-refractivity contribution < 1.29 is 14.3 Å². The van der Waals surface area contributed by atoms with Gasteiger partial charge < -0.3 is 20.1 Å². The first-order chi connectivity index (χ1) is 10.1. The van der Waals surface area contributed by atoms with E-state index >= 15 is 0 Å². The van der Waals surface area contributed by atoms with Crippen LogP contribution >= 0.6 is 0 Å². The molecule has 0 aliphatic carbocycles. The Labute approximate surface area is 128 Å². The predicted molar refractivity (Wildman–Crippen MR) is 82.0 cm³/mol. The third-order valence-electron chi connectivity index (χ3n) is 4.25. The third kappa shape index (κ3) is 5.24. The van der Waals surface area contributed by atoms with Gasteiger partial charge in [0.2, 0.25) is 5.91 Å². The second kappa shape index (κ2) is 8.11.